The SMILES string of the molecule is CO/N=C(\C)c1cccc(CCCO)n1.Cc1ccc2c(n1)C(=N)CCC2. The molecule has 27 heavy (non-hydrogen) atoms. The van der Waals surface area contributed by atoms with Gasteiger partial charge in [-0.2, -0.15) is 0 Å². The van der Waals surface area contributed by atoms with E-state index in [-0.39, 0.29) is 6.61 Å². The van der Waals surface area contributed by atoms with Crippen LogP contribution in [0.4, 0.5) is 0 Å². The zero-order valence-electron chi connectivity index (χ0n) is 16.3. The summed E-state index contributed by atoms with van der Waals surface area (Å²) in [6.07, 6.45) is 4.60. The summed E-state index contributed by atoms with van der Waals surface area (Å²) in [7, 11) is 1.51. The van der Waals surface area contributed by atoms with Gasteiger partial charge in [-0.3, -0.25) is 9.97 Å². The molecule has 6 nitrogen and oxygen atoms in total. The number of aliphatic hydroxyl groups excluding tert-OH is 1. The van der Waals surface area contributed by atoms with Crippen LogP contribution in [-0.4, -0.2) is 40.2 Å². The first-order valence-corrected chi connectivity index (χ1v) is 9.24. The Kier molecular flexibility index (Phi) is 8.07. The summed E-state index contributed by atoms with van der Waals surface area (Å²) in [4.78, 5) is 13.5. The van der Waals surface area contributed by atoms with Gasteiger partial charge in [-0.1, -0.05) is 17.3 Å². The summed E-state index contributed by atoms with van der Waals surface area (Å²) in [5.74, 6) is 0. The number of fused-ring (bicyclic) bond motifs is 1. The van der Waals surface area contributed by atoms with Gasteiger partial charge in [0.1, 0.15) is 12.8 Å². The number of aromatic nitrogens is 2. The van der Waals surface area contributed by atoms with Crippen molar-refractivity contribution in [1.29, 1.82) is 5.41 Å². The Labute approximate surface area is 160 Å². The van der Waals surface area contributed by atoms with Crippen LogP contribution in [0.5, 0.6) is 0 Å². The molecule has 0 atom stereocenters. The Balaban J connectivity index is 0.000000198. The largest absolute Gasteiger partial charge is 0.399 e. The third kappa shape index (κ3) is 6.25. The van der Waals surface area contributed by atoms with Crippen molar-refractivity contribution in [2.24, 2.45) is 5.16 Å². The van der Waals surface area contributed by atoms with E-state index in [4.69, 9.17) is 10.5 Å². The molecule has 0 aliphatic heterocycles. The van der Waals surface area contributed by atoms with Gasteiger partial charge in [0, 0.05) is 18.0 Å². The van der Waals surface area contributed by atoms with Crippen LogP contribution in [0.2, 0.25) is 0 Å². The number of hydrogen-bond acceptors (Lipinski definition) is 6. The molecule has 2 heterocycles. The van der Waals surface area contributed by atoms with Gasteiger partial charge in [0.2, 0.25) is 0 Å². The first-order chi connectivity index (χ1) is 13.0. The fourth-order valence-electron chi connectivity index (χ4n) is 2.89. The summed E-state index contributed by atoms with van der Waals surface area (Å²) in [6, 6.07) is 9.89. The molecule has 144 valence electrons. The highest BCUT2D eigenvalue weighted by Gasteiger charge is 2.14. The molecule has 2 aromatic heterocycles. The molecule has 0 bridgehead atoms. The van der Waals surface area contributed by atoms with E-state index in [9.17, 15) is 0 Å². The number of aryl methyl sites for hydroxylation is 3. The minimum absolute atomic E-state index is 0.192. The molecule has 0 saturated carbocycles. The maximum absolute atomic E-state index is 8.72. The lowest BCUT2D eigenvalue weighted by atomic mass is 9.94. The van der Waals surface area contributed by atoms with E-state index in [2.05, 4.69) is 26.0 Å². The zero-order valence-corrected chi connectivity index (χ0v) is 16.3. The molecular formula is C21H28N4O2. The highest BCUT2D eigenvalue weighted by molar-refractivity contribution is 5.98. The highest BCUT2D eigenvalue weighted by Crippen LogP contribution is 2.19. The van der Waals surface area contributed by atoms with Gasteiger partial charge in [0.15, 0.2) is 0 Å². The lowest BCUT2D eigenvalue weighted by molar-refractivity contribution is 0.213. The number of hydrogen-bond donors (Lipinski definition) is 2. The van der Waals surface area contributed by atoms with Crippen molar-refractivity contribution in [3.63, 3.8) is 0 Å². The first kappa shape index (κ1) is 20.7. The lowest BCUT2D eigenvalue weighted by Crippen LogP contribution is -2.13. The van der Waals surface area contributed by atoms with Crippen LogP contribution in [0.25, 0.3) is 0 Å². The van der Waals surface area contributed by atoms with Crippen molar-refractivity contribution in [2.75, 3.05) is 13.7 Å². The number of pyridine rings is 2. The van der Waals surface area contributed by atoms with Gasteiger partial charge < -0.3 is 15.4 Å². The van der Waals surface area contributed by atoms with Gasteiger partial charge in [-0.05, 0) is 69.7 Å². The summed E-state index contributed by atoms with van der Waals surface area (Å²) in [6.45, 7) is 4.01. The Morgan fingerprint density at radius 1 is 1.22 bits per heavy atom. The number of nitrogens with one attached hydrogen (secondary N) is 1. The van der Waals surface area contributed by atoms with Crippen LogP contribution < -0.4 is 0 Å². The van der Waals surface area contributed by atoms with E-state index < -0.39 is 0 Å². The van der Waals surface area contributed by atoms with Gasteiger partial charge >= 0.3 is 0 Å². The second-order valence-corrected chi connectivity index (χ2v) is 6.49. The third-order valence-corrected chi connectivity index (χ3v) is 4.27. The average molecular weight is 368 g/mol. The monoisotopic (exact) mass is 368 g/mol. The minimum atomic E-state index is 0.192. The predicted molar refractivity (Wildman–Crippen MR) is 108 cm³/mol. The molecule has 3 rings (SSSR count). The molecule has 1 aliphatic rings. The van der Waals surface area contributed by atoms with Crippen LogP contribution in [-0.2, 0) is 17.7 Å². The second-order valence-electron chi connectivity index (χ2n) is 6.49. The molecule has 1 aliphatic carbocycles. The van der Waals surface area contributed by atoms with Crippen molar-refractivity contribution in [1.82, 2.24) is 9.97 Å². The molecule has 0 spiro atoms. The van der Waals surface area contributed by atoms with Gasteiger partial charge in [-0.25, -0.2) is 0 Å². The first-order valence-electron chi connectivity index (χ1n) is 9.24. The molecular weight excluding hydrogens is 340 g/mol. The maximum atomic E-state index is 8.72. The normalized spacial score (nSPS) is 13.5. The summed E-state index contributed by atoms with van der Waals surface area (Å²) < 4.78 is 0. The quantitative estimate of drug-likeness (QED) is 0.624. The molecule has 0 aromatic carbocycles. The van der Waals surface area contributed by atoms with E-state index in [0.29, 0.717) is 5.71 Å². The molecule has 0 radical (unpaired) electrons. The van der Waals surface area contributed by atoms with E-state index in [1.807, 2.05) is 38.1 Å². The summed E-state index contributed by atoms with van der Waals surface area (Å²) >= 11 is 0. The Morgan fingerprint density at radius 3 is 2.78 bits per heavy atom. The second kappa shape index (κ2) is 10.5. The summed E-state index contributed by atoms with van der Waals surface area (Å²) in [5.41, 5.74) is 6.43. The van der Waals surface area contributed by atoms with Crippen LogP contribution in [0.3, 0.4) is 0 Å². The van der Waals surface area contributed by atoms with Crippen LogP contribution in [0.15, 0.2) is 35.5 Å². The molecule has 0 unspecified atom stereocenters. The number of aliphatic hydroxyl groups is 1. The molecule has 6 heteroatoms. The maximum Gasteiger partial charge on any atom is 0.106 e. The van der Waals surface area contributed by atoms with Crippen molar-refractivity contribution >= 4 is 11.4 Å². The van der Waals surface area contributed by atoms with Gasteiger partial charge in [0.05, 0.1) is 17.1 Å². The van der Waals surface area contributed by atoms with Crippen molar-refractivity contribution in [3.05, 3.63) is 58.7 Å². The number of nitrogens with zero attached hydrogens (tertiary/aromatic N) is 3. The van der Waals surface area contributed by atoms with E-state index in [1.54, 1.807) is 0 Å². The van der Waals surface area contributed by atoms with Crippen LogP contribution in [0, 0.1) is 12.3 Å². The smallest absolute Gasteiger partial charge is 0.106 e. The van der Waals surface area contributed by atoms with Crippen LogP contribution in [0.1, 0.15) is 54.5 Å². The molecule has 0 amide bonds. The Morgan fingerprint density at radius 2 is 2.04 bits per heavy atom. The zero-order chi connectivity index (χ0) is 19.6. The molecule has 0 fully saturated rings. The number of oxime groups is 1. The van der Waals surface area contributed by atoms with E-state index in [1.165, 1.54) is 12.7 Å². The van der Waals surface area contributed by atoms with Crippen molar-refractivity contribution in [3.8, 4) is 0 Å². The Hall–Kier alpha value is -2.60. The van der Waals surface area contributed by atoms with Gasteiger partial charge in [0.25, 0.3) is 0 Å². The van der Waals surface area contributed by atoms with Gasteiger partial charge in [-0.15, -0.1) is 0 Å². The van der Waals surface area contributed by atoms with E-state index >= 15 is 0 Å². The van der Waals surface area contributed by atoms with Crippen molar-refractivity contribution < 1.29 is 9.94 Å². The van der Waals surface area contributed by atoms with Crippen LogP contribution >= 0.6 is 0 Å². The average Bonchev–Trinajstić information content (AvgIpc) is 2.68. The summed E-state index contributed by atoms with van der Waals surface area (Å²) in [5, 5.41) is 20.2. The fraction of sp³-hybridized carbons (Fsp3) is 0.429. The molecule has 0 saturated heterocycles. The molecule has 2 aromatic rings. The minimum Gasteiger partial charge on any atom is -0.399 e. The lowest BCUT2D eigenvalue weighted by Gasteiger charge is -2.15. The predicted octanol–water partition coefficient (Wildman–Crippen LogP) is 3.47. The number of rotatable bonds is 5. The standard InChI is InChI=1S/C11H16N2O2.C10H12N2/c1-9(13-15-2)11-7-3-5-10(12-11)6-4-8-14;1-7-5-6-8-3-2-4-9(11)10(8)12-7/h3,5,7,14H,4,6,8H2,1-2H3;5-6,11H,2-4H2,1H3/b13-9+;. The van der Waals surface area contributed by atoms with E-state index in [0.717, 1.165) is 60.6 Å². The Bertz CT molecular complexity index is 803. The molecule has 2 N–H and O–H groups in total. The fourth-order valence-corrected chi connectivity index (χ4v) is 2.89. The third-order valence-electron chi connectivity index (χ3n) is 4.27. The topological polar surface area (TPSA) is 91.4 Å². The van der Waals surface area contributed by atoms with Crippen molar-refractivity contribution in [2.45, 2.75) is 46.0 Å². The highest BCUT2D eigenvalue weighted by atomic mass is 16.6.